The lowest BCUT2D eigenvalue weighted by Crippen LogP contribution is -2.52. The zero-order valence-corrected chi connectivity index (χ0v) is 18.0. The number of nitrogens with zero attached hydrogens (tertiary/aromatic N) is 6. The minimum Gasteiger partial charge on any atom is -0.496 e. The summed E-state index contributed by atoms with van der Waals surface area (Å²) in [7, 11) is 3.54. The highest BCUT2D eigenvalue weighted by atomic mass is 16.5. The summed E-state index contributed by atoms with van der Waals surface area (Å²) in [5.41, 5.74) is 1.36. The molecule has 1 amide bonds. The third-order valence-corrected chi connectivity index (χ3v) is 5.78. The molecule has 0 saturated carbocycles. The second kappa shape index (κ2) is 7.93. The summed E-state index contributed by atoms with van der Waals surface area (Å²) in [6, 6.07) is 7.90. The topological polar surface area (TPSA) is 76.4 Å². The van der Waals surface area contributed by atoms with Crippen molar-refractivity contribution in [1.29, 1.82) is 0 Å². The number of aryl methyl sites for hydroxylation is 1. The molecule has 8 heteroatoms. The maximum atomic E-state index is 13.3. The zero-order valence-electron chi connectivity index (χ0n) is 18.0. The van der Waals surface area contributed by atoms with Crippen molar-refractivity contribution in [2.24, 2.45) is 12.5 Å². The lowest BCUT2D eigenvalue weighted by atomic mass is 9.83. The predicted molar refractivity (Wildman–Crippen MR) is 116 cm³/mol. The Morgan fingerprint density at radius 1 is 1.13 bits per heavy atom. The Kier molecular flexibility index (Phi) is 5.32. The average molecular weight is 409 g/mol. The van der Waals surface area contributed by atoms with Gasteiger partial charge in [0.15, 0.2) is 5.65 Å². The lowest BCUT2D eigenvalue weighted by Gasteiger charge is -2.39. The van der Waals surface area contributed by atoms with Gasteiger partial charge >= 0.3 is 0 Å². The summed E-state index contributed by atoms with van der Waals surface area (Å²) < 4.78 is 7.22. The van der Waals surface area contributed by atoms with Crippen LogP contribution in [0.15, 0.2) is 36.8 Å². The molecule has 1 fully saturated rings. The van der Waals surface area contributed by atoms with Gasteiger partial charge in [-0.15, -0.1) is 0 Å². The number of rotatable bonds is 5. The van der Waals surface area contributed by atoms with E-state index in [9.17, 15) is 4.79 Å². The van der Waals surface area contributed by atoms with Crippen LogP contribution in [0.1, 0.15) is 19.4 Å². The molecule has 1 aromatic carbocycles. The summed E-state index contributed by atoms with van der Waals surface area (Å²) in [6.07, 6.45) is 4.02. The van der Waals surface area contributed by atoms with E-state index in [1.807, 2.05) is 50.1 Å². The van der Waals surface area contributed by atoms with E-state index in [2.05, 4.69) is 20.0 Å². The van der Waals surface area contributed by atoms with Crippen LogP contribution in [-0.2, 0) is 18.3 Å². The van der Waals surface area contributed by atoms with Crippen LogP contribution < -0.4 is 9.64 Å². The van der Waals surface area contributed by atoms with Crippen molar-refractivity contribution < 1.29 is 9.53 Å². The van der Waals surface area contributed by atoms with Gasteiger partial charge in [-0.2, -0.15) is 5.10 Å². The fraction of sp³-hybridized carbons (Fsp3) is 0.455. The van der Waals surface area contributed by atoms with Gasteiger partial charge in [-0.05, 0) is 18.1 Å². The Hall–Kier alpha value is -3.16. The molecule has 2 aromatic heterocycles. The van der Waals surface area contributed by atoms with Gasteiger partial charge < -0.3 is 14.5 Å². The van der Waals surface area contributed by atoms with Crippen molar-refractivity contribution in [3.63, 3.8) is 0 Å². The first-order chi connectivity index (χ1) is 14.4. The summed E-state index contributed by atoms with van der Waals surface area (Å²) in [5, 5.41) is 5.23. The van der Waals surface area contributed by atoms with Crippen molar-refractivity contribution in [1.82, 2.24) is 24.6 Å². The fourth-order valence-corrected chi connectivity index (χ4v) is 4.15. The van der Waals surface area contributed by atoms with Crippen molar-refractivity contribution in [2.75, 3.05) is 38.2 Å². The molecule has 0 atom stereocenters. The van der Waals surface area contributed by atoms with Gasteiger partial charge in [0.1, 0.15) is 17.9 Å². The molecule has 0 aliphatic carbocycles. The number of methoxy groups -OCH3 is 1. The van der Waals surface area contributed by atoms with Crippen LogP contribution >= 0.6 is 0 Å². The molecule has 0 unspecified atom stereocenters. The van der Waals surface area contributed by atoms with Gasteiger partial charge in [0, 0.05) is 38.6 Å². The van der Waals surface area contributed by atoms with Crippen LogP contribution in [0.25, 0.3) is 11.0 Å². The SMILES string of the molecule is COc1ccccc1CC(C)(C)C(=O)N1CCN(c2ncnc3c2cnn3C)CC1. The van der Waals surface area contributed by atoms with E-state index in [0.29, 0.717) is 19.5 Å². The third kappa shape index (κ3) is 3.69. The lowest BCUT2D eigenvalue weighted by molar-refractivity contribution is -0.140. The molecule has 4 rings (SSSR count). The minimum absolute atomic E-state index is 0.169. The summed E-state index contributed by atoms with van der Waals surface area (Å²) in [5.74, 6) is 1.88. The highest BCUT2D eigenvalue weighted by Gasteiger charge is 2.35. The molecule has 1 aliphatic rings. The molecule has 3 aromatic rings. The summed E-state index contributed by atoms with van der Waals surface area (Å²) >= 11 is 0. The second-order valence-electron chi connectivity index (χ2n) is 8.35. The quantitative estimate of drug-likeness (QED) is 0.645. The number of hydrogen-bond donors (Lipinski definition) is 0. The Morgan fingerprint density at radius 3 is 2.60 bits per heavy atom. The number of fused-ring (bicyclic) bond motifs is 1. The highest BCUT2D eigenvalue weighted by molar-refractivity contribution is 5.87. The van der Waals surface area contributed by atoms with Gasteiger partial charge in [-0.1, -0.05) is 32.0 Å². The number of hydrogen-bond acceptors (Lipinski definition) is 6. The fourth-order valence-electron chi connectivity index (χ4n) is 4.15. The number of carbonyl (C=O) groups is 1. The normalized spacial score (nSPS) is 14.9. The van der Waals surface area contributed by atoms with E-state index in [4.69, 9.17) is 4.74 Å². The monoisotopic (exact) mass is 408 g/mol. The molecule has 0 radical (unpaired) electrons. The molecule has 30 heavy (non-hydrogen) atoms. The summed E-state index contributed by atoms with van der Waals surface area (Å²) in [4.78, 5) is 26.3. The van der Waals surface area contributed by atoms with Crippen LogP contribution in [-0.4, -0.2) is 63.8 Å². The van der Waals surface area contributed by atoms with Gasteiger partial charge in [0.05, 0.1) is 18.7 Å². The Morgan fingerprint density at radius 2 is 1.87 bits per heavy atom. The number of benzene rings is 1. The molecule has 1 saturated heterocycles. The number of anilines is 1. The summed E-state index contributed by atoms with van der Waals surface area (Å²) in [6.45, 7) is 6.82. The number of piperazine rings is 1. The van der Waals surface area contributed by atoms with Gasteiger partial charge in [-0.25, -0.2) is 9.97 Å². The standard InChI is InChI=1S/C22H28N6O2/c1-22(2,13-16-7-5-6-8-18(16)30-4)21(29)28-11-9-27(10-12-28)20-17-14-25-26(3)19(17)23-15-24-20/h5-8,14-15H,9-13H2,1-4H3. The van der Waals surface area contributed by atoms with Gasteiger partial charge in [-0.3, -0.25) is 9.48 Å². The maximum Gasteiger partial charge on any atom is 0.228 e. The van der Waals surface area contributed by atoms with Crippen LogP contribution in [0, 0.1) is 5.41 Å². The molecule has 158 valence electrons. The molecule has 0 spiro atoms. The second-order valence-corrected chi connectivity index (χ2v) is 8.35. The first-order valence-corrected chi connectivity index (χ1v) is 10.2. The number of aromatic nitrogens is 4. The molecule has 0 bridgehead atoms. The zero-order chi connectivity index (χ0) is 21.3. The minimum atomic E-state index is -0.512. The van der Waals surface area contributed by atoms with E-state index in [1.165, 1.54) is 0 Å². The number of carbonyl (C=O) groups excluding carboxylic acids is 1. The Bertz CT molecular complexity index is 1050. The van der Waals surface area contributed by atoms with E-state index in [1.54, 1.807) is 24.3 Å². The number of para-hydroxylation sites is 1. The van der Waals surface area contributed by atoms with Crippen molar-refractivity contribution in [2.45, 2.75) is 20.3 Å². The van der Waals surface area contributed by atoms with Crippen molar-refractivity contribution >= 4 is 22.8 Å². The number of amides is 1. The van der Waals surface area contributed by atoms with Gasteiger partial charge in [0.25, 0.3) is 0 Å². The van der Waals surface area contributed by atoms with E-state index >= 15 is 0 Å². The molecule has 1 aliphatic heterocycles. The first kappa shape index (κ1) is 20.1. The Labute approximate surface area is 176 Å². The van der Waals surface area contributed by atoms with E-state index in [0.717, 1.165) is 41.3 Å². The number of ether oxygens (including phenoxy) is 1. The third-order valence-electron chi connectivity index (χ3n) is 5.78. The van der Waals surface area contributed by atoms with Crippen molar-refractivity contribution in [3.05, 3.63) is 42.4 Å². The molecule has 3 heterocycles. The first-order valence-electron chi connectivity index (χ1n) is 10.2. The van der Waals surface area contributed by atoms with Crippen molar-refractivity contribution in [3.8, 4) is 5.75 Å². The molecular weight excluding hydrogens is 380 g/mol. The van der Waals surface area contributed by atoms with Crippen LogP contribution in [0.3, 0.4) is 0 Å². The van der Waals surface area contributed by atoms with Crippen LogP contribution in [0.4, 0.5) is 5.82 Å². The highest BCUT2D eigenvalue weighted by Crippen LogP contribution is 2.30. The smallest absolute Gasteiger partial charge is 0.228 e. The Balaban J connectivity index is 1.44. The van der Waals surface area contributed by atoms with Gasteiger partial charge in [0.2, 0.25) is 5.91 Å². The van der Waals surface area contributed by atoms with Crippen LogP contribution in [0.2, 0.25) is 0 Å². The maximum absolute atomic E-state index is 13.3. The molecular formula is C22H28N6O2. The van der Waals surface area contributed by atoms with Crippen LogP contribution in [0.5, 0.6) is 5.75 Å². The largest absolute Gasteiger partial charge is 0.496 e. The molecule has 0 N–H and O–H groups in total. The van der Waals surface area contributed by atoms with E-state index < -0.39 is 5.41 Å². The molecule has 8 nitrogen and oxygen atoms in total. The average Bonchev–Trinajstić information content (AvgIpc) is 3.14. The van der Waals surface area contributed by atoms with E-state index in [-0.39, 0.29) is 5.91 Å². The predicted octanol–water partition coefficient (Wildman–Crippen LogP) is 2.29.